The van der Waals surface area contributed by atoms with E-state index >= 15 is 0 Å². The fourth-order valence-electron chi connectivity index (χ4n) is 1.64. The number of anilines is 1. The Hall–Kier alpha value is -1.81. The molecule has 0 aliphatic rings. The van der Waals surface area contributed by atoms with Crippen molar-refractivity contribution in [1.82, 2.24) is 5.32 Å². The minimum Gasteiger partial charge on any atom is -0.338 e. The van der Waals surface area contributed by atoms with Crippen LogP contribution in [0.5, 0.6) is 0 Å². The molecule has 94 valence electrons. The van der Waals surface area contributed by atoms with Crippen LogP contribution in [0.3, 0.4) is 0 Å². The number of amides is 2. The van der Waals surface area contributed by atoms with Crippen molar-refractivity contribution in [1.29, 1.82) is 0 Å². The summed E-state index contributed by atoms with van der Waals surface area (Å²) in [5.74, 6) is 0. The molecule has 3 nitrogen and oxygen atoms in total. The molecule has 4 heteroatoms. The van der Waals surface area contributed by atoms with Gasteiger partial charge in [0.15, 0.2) is 0 Å². The van der Waals surface area contributed by atoms with Gasteiger partial charge in [-0.15, -0.1) is 11.3 Å². The van der Waals surface area contributed by atoms with E-state index in [-0.39, 0.29) is 6.03 Å². The van der Waals surface area contributed by atoms with Crippen molar-refractivity contribution >= 4 is 23.1 Å². The van der Waals surface area contributed by atoms with E-state index in [1.54, 1.807) is 11.3 Å². The van der Waals surface area contributed by atoms with Gasteiger partial charge in [-0.25, -0.2) is 4.79 Å². The van der Waals surface area contributed by atoms with Gasteiger partial charge in [-0.2, -0.15) is 0 Å². The largest absolute Gasteiger partial charge is 0.338 e. The molecule has 0 spiro atoms. The van der Waals surface area contributed by atoms with E-state index in [4.69, 9.17) is 0 Å². The Morgan fingerprint density at radius 2 is 2.06 bits per heavy atom. The molecule has 0 atom stereocenters. The van der Waals surface area contributed by atoms with E-state index in [1.165, 1.54) is 0 Å². The Labute approximate surface area is 111 Å². The highest BCUT2D eigenvalue weighted by Crippen LogP contribution is 2.31. The van der Waals surface area contributed by atoms with Gasteiger partial charge in [0.2, 0.25) is 0 Å². The molecule has 0 bridgehead atoms. The molecule has 18 heavy (non-hydrogen) atoms. The zero-order valence-electron chi connectivity index (χ0n) is 10.3. The van der Waals surface area contributed by atoms with E-state index in [0.717, 1.165) is 22.5 Å². The lowest BCUT2D eigenvalue weighted by Gasteiger charge is -2.10. The highest BCUT2D eigenvalue weighted by molar-refractivity contribution is 7.13. The third-order valence-corrected chi connectivity index (χ3v) is 3.40. The Morgan fingerprint density at radius 1 is 1.22 bits per heavy atom. The lowest BCUT2D eigenvalue weighted by molar-refractivity contribution is 0.252. The Balaban J connectivity index is 2.16. The van der Waals surface area contributed by atoms with Crippen LogP contribution in [0.25, 0.3) is 10.4 Å². The topological polar surface area (TPSA) is 41.1 Å². The minimum absolute atomic E-state index is 0.152. The Bertz CT molecular complexity index is 508. The molecule has 0 fully saturated rings. The van der Waals surface area contributed by atoms with Gasteiger partial charge in [0, 0.05) is 17.0 Å². The second-order valence-corrected chi connectivity index (χ2v) is 4.85. The molecule has 1 aromatic heterocycles. The number of para-hydroxylation sites is 1. The number of carbonyl (C=O) groups is 1. The van der Waals surface area contributed by atoms with Crippen LogP contribution >= 0.6 is 11.3 Å². The predicted molar refractivity (Wildman–Crippen MR) is 77.1 cm³/mol. The van der Waals surface area contributed by atoms with Gasteiger partial charge in [0.25, 0.3) is 0 Å². The van der Waals surface area contributed by atoms with Gasteiger partial charge in [0.1, 0.15) is 0 Å². The average Bonchev–Trinajstić information content (AvgIpc) is 2.91. The molecule has 2 rings (SSSR count). The number of thiophene rings is 1. The molecule has 0 aliphatic carbocycles. The van der Waals surface area contributed by atoms with Gasteiger partial charge in [0.05, 0.1) is 5.69 Å². The second kappa shape index (κ2) is 6.21. The van der Waals surface area contributed by atoms with E-state index < -0.39 is 0 Å². The molecular formula is C14H16N2OS. The first kappa shape index (κ1) is 12.6. The number of rotatable bonds is 4. The molecule has 0 aliphatic heterocycles. The van der Waals surface area contributed by atoms with Crippen LogP contribution in [0.15, 0.2) is 41.8 Å². The number of carbonyl (C=O) groups excluding carboxylic acids is 1. The molecule has 1 aromatic carbocycles. The van der Waals surface area contributed by atoms with Crippen LogP contribution in [0, 0.1) is 0 Å². The number of hydrogen-bond donors (Lipinski definition) is 2. The van der Waals surface area contributed by atoms with E-state index in [1.807, 2.05) is 42.6 Å². The Morgan fingerprint density at radius 3 is 2.78 bits per heavy atom. The van der Waals surface area contributed by atoms with E-state index in [2.05, 4.69) is 16.7 Å². The van der Waals surface area contributed by atoms with E-state index in [9.17, 15) is 4.79 Å². The van der Waals surface area contributed by atoms with Crippen molar-refractivity contribution in [3.05, 3.63) is 41.8 Å². The van der Waals surface area contributed by atoms with Crippen molar-refractivity contribution in [2.75, 3.05) is 11.9 Å². The average molecular weight is 260 g/mol. The maximum Gasteiger partial charge on any atom is 0.319 e. The molecule has 1 heterocycles. The molecule has 0 saturated heterocycles. The zero-order chi connectivity index (χ0) is 12.8. The van der Waals surface area contributed by atoms with Gasteiger partial charge in [-0.1, -0.05) is 31.2 Å². The second-order valence-electron chi connectivity index (χ2n) is 3.90. The van der Waals surface area contributed by atoms with Crippen LogP contribution in [-0.4, -0.2) is 12.6 Å². The first-order chi connectivity index (χ1) is 8.81. The quantitative estimate of drug-likeness (QED) is 0.858. The fourth-order valence-corrected chi connectivity index (χ4v) is 2.41. The minimum atomic E-state index is -0.152. The molecule has 0 saturated carbocycles. The number of urea groups is 1. The van der Waals surface area contributed by atoms with Gasteiger partial charge >= 0.3 is 6.03 Å². The van der Waals surface area contributed by atoms with Crippen molar-refractivity contribution < 1.29 is 4.79 Å². The van der Waals surface area contributed by atoms with Crippen molar-refractivity contribution in [3.63, 3.8) is 0 Å². The van der Waals surface area contributed by atoms with Gasteiger partial charge in [-0.3, -0.25) is 0 Å². The van der Waals surface area contributed by atoms with Gasteiger partial charge < -0.3 is 10.6 Å². The summed E-state index contributed by atoms with van der Waals surface area (Å²) in [5.41, 5.74) is 1.90. The molecule has 2 amide bonds. The third kappa shape index (κ3) is 3.11. The van der Waals surface area contributed by atoms with Crippen molar-refractivity contribution in [2.45, 2.75) is 13.3 Å². The molecule has 0 radical (unpaired) electrons. The van der Waals surface area contributed by atoms with Gasteiger partial charge in [-0.05, 0) is 23.9 Å². The summed E-state index contributed by atoms with van der Waals surface area (Å²) in [6.07, 6.45) is 0.931. The first-order valence-corrected chi connectivity index (χ1v) is 6.87. The van der Waals surface area contributed by atoms with Crippen LogP contribution in [0.4, 0.5) is 10.5 Å². The third-order valence-electron chi connectivity index (χ3n) is 2.50. The smallest absolute Gasteiger partial charge is 0.319 e. The van der Waals surface area contributed by atoms with Crippen LogP contribution in [0.1, 0.15) is 13.3 Å². The molecule has 2 aromatic rings. The number of benzene rings is 1. The monoisotopic (exact) mass is 260 g/mol. The lowest BCUT2D eigenvalue weighted by atomic mass is 10.1. The van der Waals surface area contributed by atoms with E-state index in [0.29, 0.717) is 6.54 Å². The summed E-state index contributed by atoms with van der Waals surface area (Å²) in [6.45, 7) is 2.72. The highest BCUT2D eigenvalue weighted by atomic mass is 32.1. The maximum atomic E-state index is 11.7. The molecule has 2 N–H and O–H groups in total. The summed E-state index contributed by atoms with van der Waals surface area (Å²) in [4.78, 5) is 12.8. The van der Waals surface area contributed by atoms with Crippen LogP contribution in [0.2, 0.25) is 0 Å². The first-order valence-electron chi connectivity index (χ1n) is 5.99. The highest BCUT2D eigenvalue weighted by Gasteiger charge is 2.07. The SMILES string of the molecule is CCCNC(=O)Nc1ccccc1-c1cccs1. The van der Waals surface area contributed by atoms with Crippen molar-refractivity contribution in [3.8, 4) is 10.4 Å². The van der Waals surface area contributed by atoms with Crippen LogP contribution < -0.4 is 10.6 Å². The normalized spacial score (nSPS) is 10.1. The summed E-state index contributed by atoms with van der Waals surface area (Å²) < 4.78 is 0. The standard InChI is InChI=1S/C14H16N2OS/c1-2-9-15-14(17)16-12-7-4-3-6-11(12)13-8-5-10-18-13/h3-8,10H,2,9H2,1H3,(H2,15,16,17). The zero-order valence-corrected chi connectivity index (χ0v) is 11.1. The summed E-state index contributed by atoms with van der Waals surface area (Å²) >= 11 is 1.66. The molecule has 0 unspecified atom stereocenters. The number of hydrogen-bond acceptors (Lipinski definition) is 2. The van der Waals surface area contributed by atoms with Crippen LogP contribution in [-0.2, 0) is 0 Å². The Kier molecular flexibility index (Phi) is 4.36. The molecular weight excluding hydrogens is 244 g/mol. The summed E-state index contributed by atoms with van der Waals surface area (Å²) in [7, 11) is 0. The summed E-state index contributed by atoms with van der Waals surface area (Å²) in [6, 6.07) is 11.7. The summed E-state index contributed by atoms with van der Waals surface area (Å²) in [5, 5.41) is 7.73. The fraction of sp³-hybridized carbons (Fsp3) is 0.214. The predicted octanol–water partition coefficient (Wildman–Crippen LogP) is 3.95. The van der Waals surface area contributed by atoms with Crippen molar-refractivity contribution in [2.24, 2.45) is 0 Å². The maximum absolute atomic E-state index is 11.7. The lowest BCUT2D eigenvalue weighted by Crippen LogP contribution is -2.29. The number of nitrogens with one attached hydrogen (secondary N) is 2.